The van der Waals surface area contributed by atoms with Crippen LogP contribution in [0.1, 0.15) is 52.9 Å². The van der Waals surface area contributed by atoms with Crippen LogP contribution >= 0.6 is 0 Å². The van der Waals surface area contributed by atoms with Crippen molar-refractivity contribution in [2.24, 2.45) is 17.6 Å². The Kier molecular flexibility index (Phi) is 5.26. The minimum Gasteiger partial charge on any atom is -0.352 e. The quantitative estimate of drug-likeness (QED) is 0.724. The molecule has 1 aliphatic carbocycles. The molecule has 1 amide bonds. The van der Waals surface area contributed by atoms with E-state index < -0.39 is 0 Å². The summed E-state index contributed by atoms with van der Waals surface area (Å²) in [7, 11) is 0. The third-order valence-electron chi connectivity index (χ3n) is 3.55. The first-order valence-electron chi connectivity index (χ1n) is 6.56. The largest absolute Gasteiger partial charge is 0.352 e. The molecule has 0 radical (unpaired) electrons. The Bertz CT molecular complexity index is 228. The first-order chi connectivity index (χ1) is 7.50. The average molecular weight is 226 g/mol. The van der Waals surface area contributed by atoms with Gasteiger partial charge in [0, 0.05) is 6.04 Å². The number of amides is 1. The van der Waals surface area contributed by atoms with Crippen molar-refractivity contribution in [2.45, 2.75) is 65.0 Å². The maximum Gasteiger partial charge on any atom is 0.237 e. The maximum atomic E-state index is 11.8. The number of hydrogen-bond donors (Lipinski definition) is 2. The molecule has 3 nitrogen and oxygen atoms in total. The summed E-state index contributed by atoms with van der Waals surface area (Å²) in [6.07, 6.45) is 6.04. The van der Waals surface area contributed by atoms with Gasteiger partial charge in [-0.25, -0.2) is 0 Å². The molecule has 0 aromatic rings. The van der Waals surface area contributed by atoms with Crippen molar-refractivity contribution < 1.29 is 4.79 Å². The molecule has 0 heterocycles. The number of carbonyl (C=O) groups excluding carboxylic acids is 1. The van der Waals surface area contributed by atoms with E-state index in [1.165, 1.54) is 19.3 Å². The van der Waals surface area contributed by atoms with Gasteiger partial charge in [0.2, 0.25) is 5.91 Å². The predicted molar refractivity (Wildman–Crippen MR) is 67.0 cm³/mol. The Morgan fingerprint density at radius 3 is 2.56 bits per heavy atom. The van der Waals surface area contributed by atoms with Crippen molar-refractivity contribution in [1.29, 1.82) is 0 Å². The van der Waals surface area contributed by atoms with Crippen LogP contribution in [0.25, 0.3) is 0 Å². The van der Waals surface area contributed by atoms with Gasteiger partial charge < -0.3 is 11.1 Å². The summed E-state index contributed by atoms with van der Waals surface area (Å²) < 4.78 is 0. The molecule has 0 aliphatic heterocycles. The van der Waals surface area contributed by atoms with Crippen LogP contribution in [0, 0.1) is 11.8 Å². The molecule has 0 spiro atoms. The van der Waals surface area contributed by atoms with Crippen molar-refractivity contribution >= 4 is 5.91 Å². The van der Waals surface area contributed by atoms with Crippen LogP contribution in [0.2, 0.25) is 0 Å². The van der Waals surface area contributed by atoms with Gasteiger partial charge in [-0.1, -0.05) is 40.0 Å². The van der Waals surface area contributed by atoms with E-state index in [4.69, 9.17) is 5.73 Å². The summed E-state index contributed by atoms with van der Waals surface area (Å²) in [4.78, 5) is 11.8. The van der Waals surface area contributed by atoms with Gasteiger partial charge in [-0.3, -0.25) is 4.79 Å². The van der Waals surface area contributed by atoms with Crippen molar-refractivity contribution in [1.82, 2.24) is 5.32 Å². The lowest BCUT2D eigenvalue weighted by Gasteiger charge is -2.22. The fourth-order valence-corrected chi connectivity index (χ4v) is 2.34. The van der Waals surface area contributed by atoms with Crippen LogP contribution in [0.4, 0.5) is 0 Å². The highest BCUT2D eigenvalue weighted by atomic mass is 16.2. The zero-order valence-electron chi connectivity index (χ0n) is 10.8. The van der Waals surface area contributed by atoms with Crippen molar-refractivity contribution in [3.05, 3.63) is 0 Å². The number of nitrogens with two attached hydrogens (primary N) is 1. The predicted octanol–water partition coefficient (Wildman–Crippen LogP) is 2.05. The number of hydrogen-bond acceptors (Lipinski definition) is 2. The van der Waals surface area contributed by atoms with Gasteiger partial charge in [0.25, 0.3) is 0 Å². The van der Waals surface area contributed by atoms with Crippen LogP contribution in [0.5, 0.6) is 0 Å². The third kappa shape index (κ3) is 4.12. The van der Waals surface area contributed by atoms with Crippen molar-refractivity contribution in [2.75, 3.05) is 0 Å². The molecule has 3 atom stereocenters. The molecule has 3 heteroatoms. The normalized spacial score (nSPS) is 28.6. The molecule has 3 N–H and O–H groups in total. The van der Waals surface area contributed by atoms with Gasteiger partial charge in [0.1, 0.15) is 0 Å². The van der Waals surface area contributed by atoms with Crippen LogP contribution in [-0.2, 0) is 4.79 Å². The van der Waals surface area contributed by atoms with Gasteiger partial charge in [-0.2, -0.15) is 0 Å². The molecule has 0 saturated heterocycles. The SMILES string of the molecule is CC1CCCCC(NC(=O)C(N)C(C)C)C1. The summed E-state index contributed by atoms with van der Waals surface area (Å²) in [5.41, 5.74) is 5.84. The summed E-state index contributed by atoms with van der Waals surface area (Å²) in [6, 6.07) is -0.0200. The lowest BCUT2D eigenvalue weighted by molar-refractivity contribution is -0.124. The molecule has 1 saturated carbocycles. The molecule has 94 valence electrons. The maximum absolute atomic E-state index is 11.8. The first kappa shape index (κ1) is 13.5. The summed E-state index contributed by atoms with van der Waals surface area (Å²) >= 11 is 0. The molecule has 1 fully saturated rings. The summed E-state index contributed by atoms with van der Waals surface area (Å²) in [5, 5.41) is 3.11. The Morgan fingerprint density at radius 1 is 1.31 bits per heavy atom. The molecular formula is C13H26N2O. The van der Waals surface area contributed by atoms with Crippen LogP contribution in [0.3, 0.4) is 0 Å². The van der Waals surface area contributed by atoms with Gasteiger partial charge in [-0.05, 0) is 24.7 Å². The smallest absolute Gasteiger partial charge is 0.237 e. The minimum absolute atomic E-state index is 0.0223. The fraction of sp³-hybridized carbons (Fsp3) is 0.923. The van der Waals surface area contributed by atoms with Gasteiger partial charge in [0.15, 0.2) is 0 Å². The van der Waals surface area contributed by atoms with E-state index in [-0.39, 0.29) is 17.9 Å². The first-order valence-corrected chi connectivity index (χ1v) is 6.56. The number of nitrogens with one attached hydrogen (secondary N) is 1. The second kappa shape index (κ2) is 6.24. The van der Waals surface area contributed by atoms with E-state index in [0.717, 1.165) is 18.8 Å². The highest BCUT2D eigenvalue weighted by Gasteiger charge is 2.23. The van der Waals surface area contributed by atoms with Gasteiger partial charge >= 0.3 is 0 Å². The molecule has 1 rings (SSSR count). The minimum atomic E-state index is -0.362. The molecule has 3 unspecified atom stereocenters. The highest BCUT2D eigenvalue weighted by molar-refractivity contribution is 5.82. The van der Waals surface area contributed by atoms with Gasteiger partial charge in [-0.15, -0.1) is 0 Å². The van der Waals surface area contributed by atoms with Crippen LogP contribution in [-0.4, -0.2) is 18.0 Å². The standard InChI is InChI=1S/C13H26N2O/c1-9(2)12(14)13(16)15-11-7-5-4-6-10(3)8-11/h9-12H,4-8,14H2,1-3H3,(H,15,16). The Hall–Kier alpha value is -0.570. The van der Waals surface area contributed by atoms with Crippen molar-refractivity contribution in [3.63, 3.8) is 0 Å². The summed E-state index contributed by atoms with van der Waals surface area (Å²) in [6.45, 7) is 6.24. The van der Waals surface area contributed by atoms with Crippen molar-refractivity contribution in [3.8, 4) is 0 Å². The molecule has 16 heavy (non-hydrogen) atoms. The average Bonchev–Trinajstić information content (AvgIpc) is 2.41. The molecule has 0 aromatic heterocycles. The van der Waals surface area contributed by atoms with E-state index in [9.17, 15) is 4.79 Å². The lowest BCUT2D eigenvalue weighted by atomic mass is 9.99. The zero-order chi connectivity index (χ0) is 12.1. The molecule has 0 bridgehead atoms. The van der Waals surface area contributed by atoms with Gasteiger partial charge in [0.05, 0.1) is 6.04 Å². The van der Waals surface area contributed by atoms with E-state index >= 15 is 0 Å². The Balaban J connectivity index is 2.43. The highest BCUT2D eigenvalue weighted by Crippen LogP contribution is 2.22. The van der Waals surface area contributed by atoms with E-state index in [1.807, 2.05) is 13.8 Å². The molecule has 1 aliphatic rings. The van der Waals surface area contributed by atoms with E-state index in [2.05, 4.69) is 12.2 Å². The lowest BCUT2D eigenvalue weighted by Crippen LogP contribution is -2.48. The Morgan fingerprint density at radius 2 is 1.94 bits per heavy atom. The number of carbonyl (C=O) groups is 1. The van der Waals surface area contributed by atoms with E-state index in [1.54, 1.807) is 0 Å². The topological polar surface area (TPSA) is 55.1 Å². The number of rotatable bonds is 3. The molecular weight excluding hydrogens is 200 g/mol. The van der Waals surface area contributed by atoms with Crippen LogP contribution < -0.4 is 11.1 Å². The summed E-state index contributed by atoms with van der Waals surface area (Å²) in [5.74, 6) is 0.959. The fourth-order valence-electron chi connectivity index (χ4n) is 2.34. The third-order valence-corrected chi connectivity index (χ3v) is 3.55. The molecule has 0 aromatic carbocycles. The Labute approximate surface area is 99.2 Å². The van der Waals surface area contributed by atoms with Crippen LogP contribution in [0.15, 0.2) is 0 Å². The zero-order valence-corrected chi connectivity index (χ0v) is 10.8. The second-order valence-corrected chi connectivity index (χ2v) is 5.60. The monoisotopic (exact) mass is 226 g/mol. The second-order valence-electron chi connectivity index (χ2n) is 5.60. The van der Waals surface area contributed by atoms with E-state index in [0.29, 0.717) is 6.04 Å².